The van der Waals surface area contributed by atoms with Crippen LogP contribution < -0.4 is 4.90 Å². The van der Waals surface area contributed by atoms with E-state index in [1.807, 2.05) is 4.90 Å². The van der Waals surface area contributed by atoms with Crippen molar-refractivity contribution in [3.05, 3.63) is 33.8 Å². The van der Waals surface area contributed by atoms with Crippen molar-refractivity contribution >= 4 is 33.5 Å². The average molecular weight is 374 g/mol. The van der Waals surface area contributed by atoms with Gasteiger partial charge >= 0.3 is 0 Å². The number of anilines is 1. The van der Waals surface area contributed by atoms with E-state index in [4.69, 9.17) is 16.3 Å². The second-order valence-corrected chi connectivity index (χ2v) is 5.62. The molecule has 0 atom stereocenters. The molecule has 3 rings (SSSR count). The monoisotopic (exact) mass is 372 g/mol. The highest BCUT2D eigenvalue weighted by Gasteiger charge is 2.18. The van der Waals surface area contributed by atoms with E-state index in [1.165, 1.54) is 0 Å². The number of halogens is 3. The van der Waals surface area contributed by atoms with Gasteiger partial charge in [0.05, 0.1) is 23.2 Å². The third-order valence-electron chi connectivity index (χ3n) is 3.08. The summed E-state index contributed by atoms with van der Waals surface area (Å²) in [6.07, 6.45) is 0. The van der Waals surface area contributed by atoms with Crippen molar-refractivity contribution in [2.24, 2.45) is 0 Å². The molecule has 1 aromatic carbocycles. The predicted molar refractivity (Wildman–Crippen MR) is 81.0 cm³/mol. The van der Waals surface area contributed by atoms with Crippen LogP contribution >= 0.6 is 27.5 Å². The second-order valence-electron chi connectivity index (χ2n) is 4.43. The van der Waals surface area contributed by atoms with Crippen LogP contribution in [0.15, 0.2) is 22.7 Å². The zero-order valence-corrected chi connectivity index (χ0v) is 13.2. The van der Waals surface area contributed by atoms with E-state index in [1.54, 1.807) is 18.2 Å². The summed E-state index contributed by atoms with van der Waals surface area (Å²) in [4.78, 5) is 14.4. The molecule has 0 bridgehead atoms. The summed E-state index contributed by atoms with van der Waals surface area (Å²) in [7, 11) is 0. The molecule has 0 N–H and O–H groups in total. The standard InChI is InChI=1S/C13H11BrClFN4O/c14-9-3-1-2-8(10(9)16)11-17-12(15)19-13(18-11)20-4-6-21-7-5-20/h1-3H,4-7H2. The Kier molecular flexibility index (Phi) is 4.32. The van der Waals surface area contributed by atoms with Gasteiger partial charge in [-0.3, -0.25) is 0 Å². The highest BCUT2D eigenvalue weighted by Crippen LogP contribution is 2.27. The van der Waals surface area contributed by atoms with Gasteiger partial charge in [-0.05, 0) is 39.7 Å². The van der Waals surface area contributed by atoms with E-state index in [9.17, 15) is 4.39 Å². The van der Waals surface area contributed by atoms with Crippen molar-refractivity contribution in [1.29, 1.82) is 0 Å². The number of nitrogens with zero attached hydrogens (tertiary/aromatic N) is 4. The lowest BCUT2D eigenvalue weighted by Gasteiger charge is -2.26. The van der Waals surface area contributed by atoms with Crippen LogP contribution in [0, 0.1) is 5.82 Å². The fraction of sp³-hybridized carbons (Fsp3) is 0.308. The first-order chi connectivity index (χ1) is 10.1. The van der Waals surface area contributed by atoms with E-state index in [0.717, 1.165) is 0 Å². The normalized spacial score (nSPS) is 15.3. The number of ether oxygens (including phenoxy) is 1. The molecular weight excluding hydrogens is 363 g/mol. The molecule has 1 aliphatic rings. The quantitative estimate of drug-likeness (QED) is 0.810. The molecule has 8 heteroatoms. The zero-order valence-electron chi connectivity index (χ0n) is 10.9. The first-order valence-electron chi connectivity index (χ1n) is 6.34. The molecule has 1 aliphatic heterocycles. The molecule has 0 aliphatic carbocycles. The van der Waals surface area contributed by atoms with E-state index < -0.39 is 5.82 Å². The first kappa shape index (κ1) is 14.6. The Balaban J connectivity index is 2.03. The molecule has 2 heterocycles. The topological polar surface area (TPSA) is 51.1 Å². The summed E-state index contributed by atoms with van der Waals surface area (Å²) >= 11 is 9.11. The largest absolute Gasteiger partial charge is 0.378 e. The summed E-state index contributed by atoms with van der Waals surface area (Å²) in [5.74, 6) is 0.232. The van der Waals surface area contributed by atoms with Crippen molar-refractivity contribution in [2.45, 2.75) is 0 Å². The van der Waals surface area contributed by atoms with Gasteiger partial charge in [0.25, 0.3) is 0 Å². The number of hydrogen-bond acceptors (Lipinski definition) is 5. The van der Waals surface area contributed by atoms with E-state index in [-0.39, 0.29) is 16.7 Å². The average Bonchev–Trinajstić information content (AvgIpc) is 2.50. The van der Waals surface area contributed by atoms with Gasteiger partial charge in [-0.1, -0.05) is 6.07 Å². The van der Waals surface area contributed by atoms with E-state index in [0.29, 0.717) is 36.7 Å². The Labute approximate surface area is 134 Å². The van der Waals surface area contributed by atoms with Crippen LogP contribution in [0.4, 0.5) is 10.3 Å². The maximum Gasteiger partial charge on any atom is 0.230 e. The molecule has 2 aromatic rings. The molecule has 0 saturated carbocycles. The Morgan fingerprint density at radius 2 is 1.95 bits per heavy atom. The molecule has 1 saturated heterocycles. The number of morpholine rings is 1. The zero-order chi connectivity index (χ0) is 14.8. The van der Waals surface area contributed by atoms with Gasteiger partial charge in [0, 0.05) is 13.1 Å². The molecule has 0 spiro atoms. The van der Waals surface area contributed by atoms with Crippen LogP contribution in [-0.2, 0) is 4.74 Å². The molecule has 1 aromatic heterocycles. The van der Waals surface area contributed by atoms with Gasteiger partial charge in [0.15, 0.2) is 5.82 Å². The Morgan fingerprint density at radius 3 is 2.71 bits per heavy atom. The maximum absolute atomic E-state index is 14.2. The summed E-state index contributed by atoms with van der Waals surface area (Å²) < 4.78 is 19.8. The van der Waals surface area contributed by atoms with Crippen LogP contribution in [0.1, 0.15) is 0 Å². The van der Waals surface area contributed by atoms with Crippen LogP contribution in [0.2, 0.25) is 5.28 Å². The fourth-order valence-electron chi connectivity index (χ4n) is 2.04. The fourth-order valence-corrected chi connectivity index (χ4v) is 2.56. The second kappa shape index (κ2) is 6.21. The predicted octanol–water partition coefficient (Wildman–Crippen LogP) is 2.93. The van der Waals surface area contributed by atoms with Gasteiger partial charge in [-0.2, -0.15) is 15.0 Å². The summed E-state index contributed by atoms with van der Waals surface area (Å²) in [5.41, 5.74) is 0.281. The molecule has 0 amide bonds. The van der Waals surface area contributed by atoms with Crippen molar-refractivity contribution < 1.29 is 9.13 Å². The SMILES string of the molecule is Fc1c(Br)cccc1-c1nc(Cl)nc(N2CCOCC2)n1. The van der Waals surface area contributed by atoms with Gasteiger partial charge < -0.3 is 9.64 Å². The molecular formula is C13H11BrClFN4O. The number of benzene rings is 1. The lowest BCUT2D eigenvalue weighted by molar-refractivity contribution is 0.122. The summed E-state index contributed by atoms with van der Waals surface area (Å²) in [6, 6.07) is 4.94. The maximum atomic E-state index is 14.2. The summed E-state index contributed by atoms with van der Waals surface area (Å²) in [6.45, 7) is 2.54. The number of hydrogen-bond donors (Lipinski definition) is 0. The number of rotatable bonds is 2. The molecule has 0 radical (unpaired) electrons. The van der Waals surface area contributed by atoms with Crippen LogP contribution in [-0.4, -0.2) is 41.3 Å². The third kappa shape index (κ3) is 3.14. The van der Waals surface area contributed by atoms with Crippen LogP contribution in [0.25, 0.3) is 11.4 Å². The highest BCUT2D eigenvalue weighted by atomic mass is 79.9. The smallest absolute Gasteiger partial charge is 0.230 e. The van der Waals surface area contributed by atoms with Crippen molar-refractivity contribution in [2.75, 3.05) is 31.2 Å². The minimum Gasteiger partial charge on any atom is -0.378 e. The van der Waals surface area contributed by atoms with Gasteiger partial charge in [-0.15, -0.1) is 0 Å². The van der Waals surface area contributed by atoms with Crippen molar-refractivity contribution in [3.8, 4) is 11.4 Å². The molecule has 110 valence electrons. The van der Waals surface area contributed by atoms with Gasteiger partial charge in [-0.25, -0.2) is 4.39 Å². The Morgan fingerprint density at radius 1 is 1.19 bits per heavy atom. The summed E-state index contributed by atoms with van der Waals surface area (Å²) in [5, 5.41) is 0.0425. The minimum absolute atomic E-state index is 0.0425. The van der Waals surface area contributed by atoms with E-state index >= 15 is 0 Å². The van der Waals surface area contributed by atoms with Gasteiger partial charge in [0.2, 0.25) is 11.2 Å². The first-order valence-corrected chi connectivity index (χ1v) is 7.51. The Hall–Kier alpha value is -1.31. The molecule has 5 nitrogen and oxygen atoms in total. The Bertz CT molecular complexity index is 667. The third-order valence-corrected chi connectivity index (χ3v) is 3.86. The molecule has 21 heavy (non-hydrogen) atoms. The molecule has 1 fully saturated rings. The highest BCUT2D eigenvalue weighted by molar-refractivity contribution is 9.10. The van der Waals surface area contributed by atoms with Crippen molar-refractivity contribution in [3.63, 3.8) is 0 Å². The minimum atomic E-state index is -0.423. The van der Waals surface area contributed by atoms with Crippen LogP contribution in [0.5, 0.6) is 0 Å². The lowest BCUT2D eigenvalue weighted by atomic mass is 10.2. The lowest BCUT2D eigenvalue weighted by Crippen LogP contribution is -2.37. The van der Waals surface area contributed by atoms with Gasteiger partial charge in [0.1, 0.15) is 5.82 Å². The molecule has 0 unspecified atom stereocenters. The number of aromatic nitrogens is 3. The van der Waals surface area contributed by atoms with Crippen LogP contribution in [0.3, 0.4) is 0 Å². The van der Waals surface area contributed by atoms with E-state index in [2.05, 4.69) is 30.9 Å². The van der Waals surface area contributed by atoms with Crippen molar-refractivity contribution in [1.82, 2.24) is 15.0 Å².